The largest absolute Gasteiger partial charge is 0.379 e. The molecule has 0 bridgehead atoms. The molecule has 0 radical (unpaired) electrons. The zero-order valence-corrected chi connectivity index (χ0v) is 15.7. The van der Waals surface area contributed by atoms with Crippen molar-refractivity contribution in [2.75, 3.05) is 53.6 Å². The van der Waals surface area contributed by atoms with Crippen LogP contribution >= 0.6 is 0 Å². The average molecular weight is 355 g/mol. The van der Waals surface area contributed by atoms with Gasteiger partial charge in [-0.15, -0.1) is 0 Å². The number of rotatable bonds is 8. The average Bonchev–Trinajstić information content (AvgIpc) is 2.78. The van der Waals surface area contributed by atoms with E-state index in [-0.39, 0.29) is 24.0 Å². The number of hydrogen-bond donors (Lipinski definition) is 1. The lowest BCUT2D eigenvalue weighted by Gasteiger charge is -2.32. The number of ether oxygens (including phenoxy) is 2. The highest BCUT2D eigenvalue weighted by molar-refractivity contribution is 5.79. The van der Waals surface area contributed by atoms with Crippen LogP contribution in [-0.4, -0.2) is 87.3 Å². The molecule has 7 nitrogen and oxygen atoms in total. The molecule has 0 aromatic carbocycles. The van der Waals surface area contributed by atoms with Crippen molar-refractivity contribution in [2.24, 2.45) is 0 Å². The fourth-order valence-corrected chi connectivity index (χ4v) is 3.23. The predicted octanol–water partition coefficient (Wildman–Crippen LogP) is 0.631. The van der Waals surface area contributed by atoms with Gasteiger partial charge in [-0.05, 0) is 33.4 Å². The van der Waals surface area contributed by atoms with E-state index in [4.69, 9.17) is 9.47 Å². The molecule has 25 heavy (non-hydrogen) atoms. The van der Waals surface area contributed by atoms with E-state index in [9.17, 15) is 9.59 Å². The summed E-state index contributed by atoms with van der Waals surface area (Å²) < 4.78 is 11.4. The summed E-state index contributed by atoms with van der Waals surface area (Å²) in [6.07, 6.45) is 4.84. The van der Waals surface area contributed by atoms with Gasteiger partial charge in [-0.2, -0.15) is 0 Å². The maximum absolute atomic E-state index is 12.3. The number of hydrogen-bond acceptors (Lipinski definition) is 5. The van der Waals surface area contributed by atoms with E-state index in [0.29, 0.717) is 39.2 Å². The second-order valence-electron chi connectivity index (χ2n) is 7.19. The van der Waals surface area contributed by atoms with Gasteiger partial charge < -0.3 is 24.6 Å². The number of carbonyl (C=O) groups excluding carboxylic acids is 2. The van der Waals surface area contributed by atoms with Gasteiger partial charge in [-0.25, -0.2) is 0 Å². The molecule has 2 aliphatic rings. The molecule has 1 N–H and O–H groups in total. The fraction of sp³-hybridized carbons (Fsp3) is 0.889. The first-order valence-corrected chi connectivity index (χ1v) is 9.47. The van der Waals surface area contributed by atoms with E-state index < -0.39 is 0 Å². The second-order valence-corrected chi connectivity index (χ2v) is 7.19. The van der Waals surface area contributed by atoms with Crippen LogP contribution < -0.4 is 5.32 Å². The highest BCUT2D eigenvalue weighted by Crippen LogP contribution is 2.13. The van der Waals surface area contributed by atoms with Gasteiger partial charge in [0.2, 0.25) is 11.8 Å². The minimum absolute atomic E-state index is 0.00234. The molecule has 2 aliphatic heterocycles. The molecule has 0 saturated carbocycles. The van der Waals surface area contributed by atoms with E-state index in [1.165, 1.54) is 0 Å². The standard InChI is InChI=1S/C18H33N3O4/c1-20(2)11-13-25-16-8-12-24-14-15(16)19-17(22)7-10-21-9-5-3-4-6-18(21)23/h15-16H,3-14H2,1-2H3,(H,19,22)/t15-,16+/m1/s1. The van der Waals surface area contributed by atoms with Crippen molar-refractivity contribution in [3.05, 3.63) is 0 Å². The first kappa shape index (κ1) is 20.1. The van der Waals surface area contributed by atoms with Crippen molar-refractivity contribution in [1.29, 1.82) is 0 Å². The summed E-state index contributed by atoms with van der Waals surface area (Å²) in [5.74, 6) is 0.143. The van der Waals surface area contributed by atoms with Crippen molar-refractivity contribution in [3.63, 3.8) is 0 Å². The summed E-state index contributed by atoms with van der Waals surface area (Å²) in [4.78, 5) is 28.2. The van der Waals surface area contributed by atoms with Crippen molar-refractivity contribution in [2.45, 2.75) is 50.7 Å². The third kappa shape index (κ3) is 7.30. The van der Waals surface area contributed by atoms with E-state index >= 15 is 0 Å². The molecule has 144 valence electrons. The Bertz CT molecular complexity index is 431. The fourth-order valence-electron chi connectivity index (χ4n) is 3.23. The topological polar surface area (TPSA) is 71.1 Å². The first-order valence-electron chi connectivity index (χ1n) is 9.47. The molecule has 2 heterocycles. The molecule has 7 heteroatoms. The summed E-state index contributed by atoms with van der Waals surface area (Å²) in [5, 5.41) is 3.04. The molecule has 0 aromatic rings. The number of nitrogens with zero attached hydrogens (tertiary/aromatic N) is 2. The van der Waals surface area contributed by atoms with E-state index in [0.717, 1.165) is 38.8 Å². The van der Waals surface area contributed by atoms with Gasteiger partial charge in [0.05, 0.1) is 25.4 Å². The van der Waals surface area contributed by atoms with Crippen LogP contribution in [0.5, 0.6) is 0 Å². The smallest absolute Gasteiger partial charge is 0.222 e. The van der Waals surface area contributed by atoms with Crippen LogP contribution in [0.3, 0.4) is 0 Å². The van der Waals surface area contributed by atoms with Gasteiger partial charge in [-0.1, -0.05) is 6.42 Å². The normalized spacial score (nSPS) is 25.1. The predicted molar refractivity (Wildman–Crippen MR) is 95.3 cm³/mol. The Labute approximate surface area is 151 Å². The second kappa shape index (κ2) is 10.7. The SMILES string of the molecule is CN(C)CCO[C@H]1CCOC[C@H]1NC(=O)CCN1CCCCCC1=O. The Morgan fingerprint density at radius 2 is 2.20 bits per heavy atom. The van der Waals surface area contributed by atoms with Crippen molar-refractivity contribution in [1.82, 2.24) is 15.1 Å². The number of nitrogens with one attached hydrogen (secondary N) is 1. The minimum Gasteiger partial charge on any atom is -0.379 e. The number of amides is 2. The van der Waals surface area contributed by atoms with E-state index in [2.05, 4.69) is 10.2 Å². The monoisotopic (exact) mass is 355 g/mol. The summed E-state index contributed by atoms with van der Waals surface area (Å²) in [6.45, 7) is 3.93. The van der Waals surface area contributed by atoms with Gasteiger partial charge in [0.15, 0.2) is 0 Å². The Morgan fingerprint density at radius 1 is 1.36 bits per heavy atom. The molecule has 2 amide bonds. The van der Waals surface area contributed by atoms with Crippen molar-refractivity contribution < 1.29 is 19.1 Å². The maximum Gasteiger partial charge on any atom is 0.222 e. The lowest BCUT2D eigenvalue weighted by atomic mass is 10.1. The third-order valence-corrected chi connectivity index (χ3v) is 4.79. The third-order valence-electron chi connectivity index (χ3n) is 4.79. The van der Waals surface area contributed by atoms with Crippen LogP contribution in [0.25, 0.3) is 0 Å². The van der Waals surface area contributed by atoms with Crippen molar-refractivity contribution >= 4 is 11.8 Å². The van der Waals surface area contributed by atoms with Crippen LogP contribution in [0.2, 0.25) is 0 Å². The molecule has 2 saturated heterocycles. The van der Waals surface area contributed by atoms with Gasteiger partial charge in [0, 0.05) is 39.1 Å². The van der Waals surface area contributed by atoms with Crippen LogP contribution in [0.15, 0.2) is 0 Å². The van der Waals surface area contributed by atoms with Gasteiger partial charge in [0.1, 0.15) is 0 Å². The summed E-state index contributed by atoms with van der Waals surface area (Å²) >= 11 is 0. The van der Waals surface area contributed by atoms with Crippen LogP contribution in [0, 0.1) is 0 Å². The Balaban J connectivity index is 1.73. The lowest BCUT2D eigenvalue weighted by Crippen LogP contribution is -2.51. The molecule has 0 aliphatic carbocycles. The summed E-state index contributed by atoms with van der Waals surface area (Å²) in [5.41, 5.74) is 0. The number of carbonyl (C=O) groups is 2. The van der Waals surface area contributed by atoms with E-state index in [1.807, 2.05) is 19.0 Å². The van der Waals surface area contributed by atoms with Crippen LogP contribution in [-0.2, 0) is 19.1 Å². The van der Waals surface area contributed by atoms with Crippen LogP contribution in [0.1, 0.15) is 38.5 Å². The number of likely N-dealkylation sites (N-methyl/N-ethyl adjacent to an activating group) is 1. The quantitative estimate of drug-likeness (QED) is 0.692. The Hall–Kier alpha value is -1.18. The Morgan fingerprint density at radius 3 is 3.00 bits per heavy atom. The molecular weight excluding hydrogens is 322 g/mol. The lowest BCUT2D eigenvalue weighted by molar-refractivity contribution is -0.132. The van der Waals surface area contributed by atoms with Crippen LogP contribution in [0.4, 0.5) is 0 Å². The maximum atomic E-state index is 12.3. The first-order chi connectivity index (χ1) is 12.1. The molecular formula is C18H33N3O4. The molecule has 2 rings (SSSR count). The molecule has 0 unspecified atom stereocenters. The highest BCUT2D eigenvalue weighted by atomic mass is 16.5. The summed E-state index contributed by atoms with van der Waals surface area (Å²) in [6, 6.07) is -0.108. The Kier molecular flexibility index (Phi) is 8.64. The molecule has 2 fully saturated rings. The highest BCUT2D eigenvalue weighted by Gasteiger charge is 2.28. The molecule has 2 atom stereocenters. The minimum atomic E-state index is -0.108. The van der Waals surface area contributed by atoms with E-state index in [1.54, 1.807) is 0 Å². The number of likely N-dealkylation sites (tertiary alicyclic amines) is 1. The van der Waals surface area contributed by atoms with Gasteiger partial charge in [0.25, 0.3) is 0 Å². The van der Waals surface area contributed by atoms with Gasteiger partial charge in [-0.3, -0.25) is 9.59 Å². The van der Waals surface area contributed by atoms with Crippen molar-refractivity contribution in [3.8, 4) is 0 Å². The zero-order chi connectivity index (χ0) is 18.1. The van der Waals surface area contributed by atoms with Gasteiger partial charge >= 0.3 is 0 Å². The molecule has 0 spiro atoms. The molecule has 0 aromatic heterocycles. The summed E-state index contributed by atoms with van der Waals surface area (Å²) in [7, 11) is 4.02. The zero-order valence-electron chi connectivity index (χ0n) is 15.7.